The SMILES string of the molecule is Cc1ccc(C(C)NC(=O)CC2CCNC2)cc1. The van der Waals surface area contributed by atoms with Crippen molar-refractivity contribution in [3.63, 3.8) is 0 Å². The fourth-order valence-electron chi connectivity index (χ4n) is 2.39. The topological polar surface area (TPSA) is 41.1 Å². The summed E-state index contributed by atoms with van der Waals surface area (Å²) in [7, 11) is 0. The summed E-state index contributed by atoms with van der Waals surface area (Å²) in [6.07, 6.45) is 1.76. The predicted molar refractivity (Wildman–Crippen MR) is 73.3 cm³/mol. The van der Waals surface area contributed by atoms with Crippen LogP contribution in [0.15, 0.2) is 24.3 Å². The Balaban J connectivity index is 1.84. The summed E-state index contributed by atoms with van der Waals surface area (Å²) in [5.74, 6) is 0.673. The van der Waals surface area contributed by atoms with Gasteiger partial charge in [0.15, 0.2) is 0 Å². The average Bonchev–Trinajstić information content (AvgIpc) is 2.82. The second-order valence-electron chi connectivity index (χ2n) is 5.26. The molecule has 18 heavy (non-hydrogen) atoms. The molecule has 1 aromatic rings. The first kappa shape index (κ1) is 13.1. The molecule has 2 unspecified atom stereocenters. The van der Waals surface area contributed by atoms with Gasteiger partial charge in [-0.25, -0.2) is 0 Å². The van der Waals surface area contributed by atoms with Crippen LogP contribution in [0.25, 0.3) is 0 Å². The number of amides is 1. The van der Waals surface area contributed by atoms with Gasteiger partial charge < -0.3 is 10.6 Å². The molecule has 2 atom stereocenters. The van der Waals surface area contributed by atoms with Crippen LogP contribution in [0.3, 0.4) is 0 Å². The minimum absolute atomic E-state index is 0.0902. The van der Waals surface area contributed by atoms with Crippen LogP contribution in [0.1, 0.15) is 36.9 Å². The quantitative estimate of drug-likeness (QED) is 0.855. The second-order valence-corrected chi connectivity index (χ2v) is 5.26. The molecule has 3 nitrogen and oxygen atoms in total. The predicted octanol–water partition coefficient (Wildman–Crippen LogP) is 2.17. The molecular formula is C15H22N2O. The maximum Gasteiger partial charge on any atom is 0.220 e. The highest BCUT2D eigenvalue weighted by molar-refractivity contribution is 5.76. The Morgan fingerprint density at radius 3 is 2.78 bits per heavy atom. The first-order valence-electron chi connectivity index (χ1n) is 6.72. The normalized spacial score (nSPS) is 20.7. The zero-order valence-electron chi connectivity index (χ0n) is 11.2. The van der Waals surface area contributed by atoms with E-state index in [4.69, 9.17) is 0 Å². The van der Waals surface area contributed by atoms with E-state index in [1.54, 1.807) is 0 Å². The van der Waals surface area contributed by atoms with Crippen LogP contribution in [0.2, 0.25) is 0 Å². The number of nitrogens with one attached hydrogen (secondary N) is 2. The monoisotopic (exact) mass is 246 g/mol. The Kier molecular flexibility index (Phi) is 4.37. The smallest absolute Gasteiger partial charge is 0.220 e. The summed E-state index contributed by atoms with van der Waals surface area (Å²) in [6, 6.07) is 8.42. The van der Waals surface area contributed by atoms with Crippen molar-refractivity contribution in [2.24, 2.45) is 5.92 Å². The molecule has 1 heterocycles. The molecule has 2 N–H and O–H groups in total. The van der Waals surface area contributed by atoms with Gasteiger partial charge in [0, 0.05) is 6.42 Å². The third kappa shape index (κ3) is 3.57. The molecule has 0 radical (unpaired) electrons. The van der Waals surface area contributed by atoms with Gasteiger partial charge in [0.1, 0.15) is 0 Å². The van der Waals surface area contributed by atoms with Gasteiger partial charge in [0.2, 0.25) is 5.91 Å². The maximum absolute atomic E-state index is 11.9. The summed E-state index contributed by atoms with van der Waals surface area (Å²) in [5.41, 5.74) is 2.41. The molecule has 1 aliphatic heterocycles. The summed E-state index contributed by atoms with van der Waals surface area (Å²) >= 11 is 0. The molecule has 98 valence electrons. The zero-order chi connectivity index (χ0) is 13.0. The molecule has 0 aromatic heterocycles. The summed E-state index contributed by atoms with van der Waals surface area (Å²) < 4.78 is 0. The molecule has 1 aromatic carbocycles. The molecule has 0 spiro atoms. The van der Waals surface area contributed by atoms with E-state index in [-0.39, 0.29) is 11.9 Å². The number of rotatable bonds is 4. The molecule has 1 fully saturated rings. The highest BCUT2D eigenvalue weighted by Crippen LogP contribution is 2.16. The number of aryl methyl sites for hydroxylation is 1. The highest BCUT2D eigenvalue weighted by Gasteiger charge is 2.19. The number of benzene rings is 1. The molecular weight excluding hydrogens is 224 g/mol. The van der Waals surface area contributed by atoms with Gasteiger partial charge in [-0.2, -0.15) is 0 Å². The molecule has 1 amide bonds. The van der Waals surface area contributed by atoms with E-state index >= 15 is 0 Å². The van der Waals surface area contributed by atoms with E-state index in [9.17, 15) is 4.79 Å². The molecule has 0 aliphatic carbocycles. The fourth-order valence-corrected chi connectivity index (χ4v) is 2.39. The van der Waals surface area contributed by atoms with Crippen molar-refractivity contribution in [1.29, 1.82) is 0 Å². The van der Waals surface area contributed by atoms with Gasteiger partial charge in [-0.3, -0.25) is 4.79 Å². The number of hydrogen-bond acceptors (Lipinski definition) is 2. The Labute approximate surface area is 109 Å². The van der Waals surface area contributed by atoms with E-state index in [1.807, 2.05) is 6.92 Å². The number of carbonyl (C=O) groups excluding carboxylic acids is 1. The second kappa shape index (κ2) is 6.01. The van der Waals surface area contributed by atoms with Crippen molar-refractivity contribution in [1.82, 2.24) is 10.6 Å². The van der Waals surface area contributed by atoms with Gasteiger partial charge >= 0.3 is 0 Å². The van der Waals surface area contributed by atoms with Crippen molar-refractivity contribution >= 4 is 5.91 Å². The number of carbonyl (C=O) groups is 1. The van der Waals surface area contributed by atoms with Gasteiger partial charge in [-0.05, 0) is 44.8 Å². The lowest BCUT2D eigenvalue weighted by Gasteiger charge is -2.16. The van der Waals surface area contributed by atoms with E-state index < -0.39 is 0 Å². The van der Waals surface area contributed by atoms with Crippen molar-refractivity contribution in [2.45, 2.75) is 32.7 Å². The van der Waals surface area contributed by atoms with Gasteiger partial charge in [-0.15, -0.1) is 0 Å². The molecule has 3 heteroatoms. The van der Waals surface area contributed by atoms with E-state index in [0.29, 0.717) is 12.3 Å². The van der Waals surface area contributed by atoms with Crippen molar-refractivity contribution in [2.75, 3.05) is 13.1 Å². The van der Waals surface area contributed by atoms with E-state index in [1.165, 1.54) is 11.1 Å². The van der Waals surface area contributed by atoms with Gasteiger partial charge in [0.05, 0.1) is 6.04 Å². The largest absolute Gasteiger partial charge is 0.350 e. The minimum Gasteiger partial charge on any atom is -0.350 e. The molecule has 0 saturated carbocycles. The van der Waals surface area contributed by atoms with E-state index in [2.05, 4.69) is 41.8 Å². The Bertz CT molecular complexity index is 393. The van der Waals surface area contributed by atoms with Crippen molar-refractivity contribution in [3.05, 3.63) is 35.4 Å². The zero-order valence-corrected chi connectivity index (χ0v) is 11.2. The van der Waals surface area contributed by atoms with E-state index in [0.717, 1.165) is 19.5 Å². The third-order valence-corrected chi connectivity index (χ3v) is 3.59. The lowest BCUT2D eigenvalue weighted by Crippen LogP contribution is -2.28. The standard InChI is InChI=1S/C15H22N2O/c1-11-3-5-14(6-4-11)12(2)17-15(18)9-13-7-8-16-10-13/h3-6,12-13,16H,7-10H2,1-2H3,(H,17,18). The van der Waals surface area contributed by atoms with Crippen LogP contribution in [0.5, 0.6) is 0 Å². The van der Waals surface area contributed by atoms with Crippen molar-refractivity contribution < 1.29 is 4.79 Å². The first-order valence-corrected chi connectivity index (χ1v) is 6.72. The summed E-state index contributed by atoms with van der Waals surface area (Å²) in [4.78, 5) is 11.9. The molecule has 2 rings (SSSR count). The van der Waals surface area contributed by atoms with Crippen molar-refractivity contribution in [3.8, 4) is 0 Å². The van der Waals surface area contributed by atoms with Crippen LogP contribution in [-0.2, 0) is 4.79 Å². The fraction of sp³-hybridized carbons (Fsp3) is 0.533. The van der Waals surface area contributed by atoms with Crippen LogP contribution in [-0.4, -0.2) is 19.0 Å². The molecule has 1 aliphatic rings. The minimum atomic E-state index is 0.0902. The van der Waals surface area contributed by atoms with Crippen LogP contribution < -0.4 is 10.6 Å². The lowest BCUT2D eigenvalue weighted by molar-refractivity contribution is -0.122. The average molecular weight is 246 g/mol. The number of hydrogen-bond donors (Lipinski definition) is 2. The summed E-state index contributed by atoms with van der Waals surface area (Å²) in [5, 5.41) is 6.36. The maximum atomic E-state index is 11.9. The van der Waals surface area contributed by atoms with Gasteiger partial charge in [0.25, 0.3) is 0 Å². The van der Waals surface area contributed by atoms with Gasteiger partial charge in [-0.1, -0.05) is 29.8 Å². The Morgan fingerprint density at radius 1 is 1.44 bits per heavy atom. The Hall–Kier alpha value is -1.35. The van der Waals surface area contributed by atoms with Crippen LogP contribution in [0, 0.1) is 12.8 Å². The lowest BCUT2D eigenvalue weighted by atomic mass is 10.0. The summed E-state index contributed by atoms with van der Waals surface area (Å²) in [6.45, 7) is 6.13. The third-order valence-electron chi connectivity index (χ3n) is 3.59. The van der Waals surface area contributed by atoms with Crippen LogP contribution >= 0.6 is 0 Å². The highest BCUT2D eigenvalue weighted by atomic mass is 16.1. The first-order chi connectivity index (χ1) is 8.65. The molecule has 1 saturated heterocycles. The molecule has 0 bridgehead atoms. The van der Waals surface area contributed by atoms with Crippen LogP contribution in [0.4, 0.5) is 0 Å². The Morgan fingerprint density at radius 2 is 2.17 bits per heavy atom.